The molecule has 0 heterocycles. The van der Waals surface area contributed by atoms with Crippen molar-refractivity contribution in [3.63, 3.8) is 0 Å². The van der Waals surface area contributed by atoms with Crippen LogP contribution in [-0.2, 0) is 30.3 Å². The van der Waals surface area contributed by atoms with Gasteiger partial charge in [-0.15, -0.1) is 0 Å². The van der Waals surface area contributed by atoms with Crippen molar-refractivity contribution in [3.05, 3.63) is 35.9 Å². The third-order valence-electron chi connectivity index (χ3n) is 10.7. The Hall–Kier alpha value is -2.85. The minimum Gasteiger partial charge on any atom is -0.445 e. The first-order valence-corrected chi connectivity index (χ1v) is 24.6. The lowest BCUT2D eigenvalue weighted by atomic mass is 10.1. The number of carbonyl (C=O) groups is 3. The van der Waals surface area contributed by atoms with Crippen LogP contribution in [-0.4, -0.2) is 68.8 Å². The highest BCUT2D eigenvalue weighted by Crippen LogP contribution is 2.14. The van der Waals surface area contributed by atoms with Crippen molar-refractivity contribution in [2.24, 2.45) is 0 Å². The maximum atomic E-state index is 13.6. The highest BCUT2D eigenvalue weighted by atomic mass is 16.6. The molecule has 3 N–H and O–H groups in total. The molecule has 0 aromatic heterocycles. The van der Waals surface area contributed by atoms with Gasteiger partial charge in [-0.3, -0.25) is 4.79 Å². The lowest BCUT2D eigenvalue weighted by Gasteiger charge is -2.24. The Morgan fingerprint density at radius 3 is 1.60 bits per heavy atom. The van der Waals surface area contributed by atoms with Crippen molar-refractivity contribution in [1.82, 2.24) is 16.0 Å². The SMILES string of the molecule is CCCCCCCCCCCCCCOCC(CNC(=O)[C@@H](CCCCNC(=O)OCc1ccccc1)NC(=O)OC(C)(C)C)OCCCCCCCCCCCCCC. The average Bonchev–Trinajstić information content (AvgIpc) is 3.22. The molecule has 0 saturated heterocycles. The highest BCUT2D eigenvalue weighted by molar-refractivity contribution is 5.85. The van der Waals surface area contributed by atoms with Gasteiger partial charge >= 0.3 is 12.2 Å². The quantitative estimate of drug-likeness (QED) is 0.0562. The number of rotatable bonds is 40. The van der Waals surface area contributed by atoms with E-state index in [0.29, 0.717) is 45.6 Å². The monoisotopic (exact) mass is 846 g/mol. The summed E-state index contributed by atoms with van der Waals surface area (Å²) < 4.78 is 23.2. The van der Waals surface area contributed by atoms with Crippen molar-refractivity contribution in [2.45, 2.75) is 232 Å². The molecular weight excluding hydrogens is 755 g/mol. The first-order chi connectivity index (χ1) is 29.1. The summed E-state index contributed by atoms with van der Waals surface area (Å²) in [5.41, 5.74) is 0.213. The molecule has 0 bridgehead atoms. The number of hydrogen-bond acceptors (Lipinski definition) is 7. The van der Waals surface area contributed by atoms with Gasteiger partial charge in [-0.05, 0) is 58.4 Å². The molecule has 348 valence electrons. The van der Waals surface area contributed by atoms with Crippen LogP contribution < -0.4 is 16.0 Å². The zero-order chi connectivity index (χ0) is 43.8. The zero-order valence-corrected chi connectivity index (χ0v) is 39.2. The lowest BCUT2D eigenvalue weighted by molar-refractivity contribution is -0.124. The normalized spacial score (nSPS) is 12.5. The molecular formula is C50H91N3O7. The van der Waals surface area contributed by atoms with Gasteiger partial charge in [-0.2, -0.15) is 0 Å². The summed E-state index contributed by atoms with van der Waals surface area (Å²) >= 11 is 0. The molecule has 0 aliphatic heterocycles. The van der Waals surface area contributed by atoms with Crippen LogP contribution in [0.3, 0.4) is 0 Å². The molecule has 0 saturated carbocycles. The summed E-state index contributed by atoms with van der Waals surface area (Å²) in [4.78, 5) is 38.5. The first-order valence-electron chi connectivity index (χ1n) is 24.6. The average molecular weight is 846 g/mol. The van der Waals surface area contributed by atoms with Gasteiger partial charge in [0.05, 0.1) is 12.7 Å². The lowest BCUT2D eigenvalue weighted by Crippen LogP contribution is -2.50. The summed E-state index contributed by atoms with van der Waals surface area (Å²) in [5.74, 6) is -0.295. The summed E-state index contributed by atoms with van der Waals surface area (Å²) in [5, 5.41) is 8.57. The fourth-order valence-corrected chi connectivity index (χ4v) is 7.11. The second-order valence-electron chi connectivity index (χ2n) is 17.8. The zero-order valence-electron chi connectivity index (χ0n) is 39.2. The Bertz CT molecular complexity index is 1150. The number of unbranched alkanes of at least 4 members (excludes halogenated alkanes) is 23. The maximum Gasteiger partial charge on any atom is 0.408 e. The summed E-state index contributed by atoms with van der Waals surface area (Å²) in [6, 6.07) is 8.71. The van der Waals surface area contributed by atoms with Gasteiger partial charge in [0, 0.05) is 26.3 Å². The number of ether oxygens (including phenoxy) is 4. The molecule has 1 aromatic rings. The third-order valence-corrected chi connectivity index (χ3v) is 10.7. The van der Waals surface area contributed by atoms with Gasteiger partial charge in [0.15, 0.2) is 0 Å². The van der Waals surface area contributed by atoms with E-state index in [1.165, 1.54) is 135 Å². The summed E-state index contributed by atoms with van der Waals surface area (Å²) in [7, 11) is 0. The Balaban J connectivity index is 2.56. The van der Waals surface area contributed by atoms with E-state index in [4.69, 9.17) is 18.9 Å². The van der Waals surface area contributed by atoms with Crippen LogP contribution in [0.1, 0.15) is 214 Å². The molecule has 0 aliphatic carbocycles. The van der Waals surface area contributed by atoms with Crippen molar-refractivity contribution < 1.29 is 33.3 Å². The van der Waals surface area contributed by atoms with Crippen LogP contribution in [0.4, 0.5) is 9.59 Å². The fraction of sp³-hybridized carbons (Fsp3) is 0.820. The van der Waals surface area contributed by atoms with E-state index < -0.39 is 23.8 Å². The highest BCUT2D eigenvalue weighted by Gasteiger charge is 2.25. The third kappa shape index (κ3) is 35.9. The first kappa shape index (κ1) is 55.2. The van der Waals surface area contributed by atoms with Gasteiger partial charge in [-0.1, -0.05) is 185 Å². The molecule has 10 nitrogen and oxygen atoms in total. The predicted octanol–water partition coefficient (Wildman–Crippen LogP) is 12.9. The maximum absolute atomic E-state index is 13.6. The molecule has 1 aromatic carbocycles. The minimum absolute atomic E-state index is 0.198. The minimum atomic E-state index is -0.802. The van der Waals surface area contributed by atoms with Crippen LogP contribution in [0.25, 0.3) is 0 Å². The van der Waals surface area contributed by atoms with E-state index in [1.807, 2.05) is 30.3 Å². The van der Waals surface area contributed by atoms with Crippen LogP contribution in [0.5, 0.6) is 0 Å². The fourth-order valence-electron chi connectivity index (χ4n) is 7.11. The molecule has 0 radical (unpaired) electrons. The standard InChI is InChI=1S/C50H91N3O7/c1-6-8-10-12-14-16-18-20-22-24-26-33-39-57-43-45(58-40-34-27-25-23-21-19-17-15-13-11-9-7-2)41-52-47(54)46(53-49(56)60-50(3,4)5)37-31-32-38-51-48(55)59-42-44-35-29-28-30-36-44/h28-30,35-36,45-46H,6-27,31-34,37-43H2,1-5H3,(H,51,55)(H,52,54)(H,53,56)/t45?,46-/m1/s1. The molecule has 0 aliphatic rings. The van der Waals surface area contributed by atoms with E-state index in [2.05, 4.69) is 29.8 Å². The van der Waals surface area contributed by atoms with E-state index >= 15 is 0 Å². The number of alkyl carbamates (subject to hydrolysis) is 2. The van der Waals surface area contributed by atoms with E-state index in [0.717, 1.165) is 24.8 Å². The second kappa shape index (κ2) is 39.0. The number of carbonyl (C=O) groups excluding carboxylic acids is 3. The van der Waals surface area contributed by atoms with Crippen molar-refractivity contribution in [3.8, 4) is 0 Å². The number of amides is 3. The molecule has 1 unspecified atom stereocenters. The summed E-state index contributed by atoms with van der Waals surface area (Å²) in [6.45, 7) is 12.5. The van der Waals surface area contributed by atoms with Gasteiger partial charge < -0.3 is 34.9 Å². The van der Waals surface area contributed by atoms with Crippen LogP contribution in [0.15, 0.2) is 30.3 Å². The number of nitrogens with one attached hydrogen (secondary N) is 3. The Morgan fingerprint density at radius 2 is 1.08 bits per heavy atom. The van der Waals surface area contributed by atoms with Gasteiger partial charge in [0.1, 0.15) is 18.2 Å². The summed E-state index contributed by atoms with van der Waals surface area (Å²) in [6.07, 6.45) is 31.2. The van der Waals surface area contributed by atoms with Crippen molar-refractivity contribution in [2.75, 3.05) is 32.9 Å². The molecule has 0 fully saturated rings. The molecule has 0 spiro atoms. The Labute approximate surface area is 367 Å². The number of hydrogen-bond donors (Lipinski definition) is 3. The van der Waals surface area contributed by atoms with Crippen LogP contribution in [0.2, 0.25) is 0 Å². The number of benzene rings is 1. The van der Waals surface area contributed by atoms with Crippen LogP contribution in [0, 0.1) is 0 Å². The van der Waals surface area contributed by atoms with Gasteiger partial charge in [0.25, 0.3) is 0 Å². The molecule has 60 heavy (non-hydrogen) atoms. The van der Waals surface area contributed by atoms with Gasteiger partial charge in [0.2, 0.25) is 5.91 Å². The smallest absolute Gasteiger partial charge is 0.408 e. The molecule has 1 rings (SSSR count). The van der Waals surface area contributed by atoms with E-state index in [-0.39, 0.29) is 25.2 Å². The molecule has 3 amide bonds. The second-order valence-corrected chi connectivity index (χ2v) is 17.8. The topological polar surface area (TPSA) is 124 Å². The Morgan fingerprint density at radius 1 is 0.583 bits per heavy atom. The largest absolute Gasteiger partial charge is 0.445 e. The Kier molecular flexibility index (Phi) is 35.9. The van der Waals surface area contributed by atoms with Gasteiger partial charge in [-0.25, -0.2) is 9.59 Å². The van der Waals surface area contributed by atoms with E-state index in [9.17, 15) is 14.4 Å². The van der Waals surface area contributed by atoms with Crippen LogP contribution >= 0.6 is 0 Å². The van der Waals surface area contributed by atoms with Crippen molar-refractivity contribution >= 4 is 18.1 Å². The van der Waals surface area contributed by atoms with E-state index in [1.54, 1.807) is 20.8 Å². The molecule has 10 heteroatoms. The van der Waals surface area contributed by atoms with Crippen molar-refractivity contribution in [1.29, 1.82) is 0 Å². The molecule has 2 atom stereocenters. The predicted molar refractivity (Wildman–Crippen MR) is 247 cm³/mol.